The van der Waals surface area contributed by atoms with Crippen LogP contribution in [0.3, 0.4) is 0 Å². The van der Waals surface area contributed by atoms with Crippen molar-refractivity contribution in [2.75, 3.05) is 13.7 Å². The van der Waals surface area contributed by atoms with Crippen molar-refractivity contribution in [2.24, 2.45) is 5.92 Å². The molecular formula is C33H35NO6. The third kappa shape index (κ3) is 5.41. The van der Waals surface area contributed by atoms with Gasteiger partial charge in [0.15, 0.2) is 11.5 Å². The van der Waals surface area contributed by atoms with Crippen molar-refractivity contribution >= 4 is 17.4 Å². The second kappa shape index (κ2) is 11.5. The number of aliphatic hydroxyl groups is 1. The molecule has 0 unspecified atom stereocenters. The summed E-state index contributed by atoms with van der Waals surface area (Å²) >= 11 is 0. The van der Waals surface area contributed by atoms with E-state index in [0.29, 0.717) is 41.6 Å². The minimum absolute atomic E-state index is 0.0394. The van der Waals surface area contributed by atoms with Crippen molar-refractivity contribution in [1.82, 2.24) is 4.90 Å². The van der Waals surface area contributed by atoms with E-state index in [1.807, 2.05) is 49.4 Å². The van der Waals surface area contributed by atoms with Crippen LogP contribution in [0.15, 0.2) is 72.3 Å². The number of carbonyl (C=O) groups excluding carboxylic acids is 2. The standard InChI is InChI=1S/C33H35NO6/c1-20(2)14-15-39-27-13-10-23(18-28(27)38-4)30-29(31(35)24-11-12-26-25(17-24)16-21(3)40-26)32(36)33(37)34(30)19-22-8-6-5-7-9-22/h5-13,17-18,20-21,30,35H,14-16,19H2,1-4H3/b31-29+/t21-,30-/m1/s1. The predicted molar refractivity (Wildman–Crippen MR) is 152 cm³/mol. The van der Waals surface area contributed by atoms with Gasteiger partial charge in [0.25, 0.3) is 11.7 Å². The van der Waals surface area contributed by atoms with Crippen molar-refractivity contribution in [2.45, 2.75) is 52.3 Å². The van der Waals surface area contributed by atoms with E-state index in [-0.39, 0.29) is 24.0 Å². The van der Waals surface area contributed by atoms with Crippen LogP contribution in [-0.2, 0) is 22.6 Å². The van der Waals surface area contributed by atoms with E-state index in [4.69, 9.17) is 14.2 Å². The number of rotatable bonds is 9. The Morgan fingerprint density at radius 2 is 1.82 bits per heavy atom. The fourth-order valence-corrected chi connectivity index (χ4v) is 5.27. The van der Waals surface area contributed by atoms with Gasteiger partial charge in [-0.15, -0.1) is 0 Å². The summed E-state index contributed by atoms with van der Waals surface area (Å²) in [5, 5.41) is 11.6. The molecule has 2 heterocycles. The third-order valence-corrected chi connectivity index (χ3v) is 7.36. The minimum Gasteiger partial charge on any atom is -0.507 e. The molecule has 0 saturated carbocycles. The predicted octanol–water partition coefficient (Wildman–Crippen LogP) is 6.07. The zero-order valence-electron chi connectivity index (χ0n) is 23.3. The highest BCUT2D eigenvalue weighted by atomic mass is 16.5. The molecule has 1 amide bonds. The van der Waals surface area contributed by atoms with Crippen molar-refractivity contribution in [3.63, 3.8) is 0 Å². The van der Waals surface area contributed by atoms with E-state index in [0.717, 1.165) is 23.3 Å². The van der Waals surface area contributed by atoms with Gasteiger partial charge in [-0.2, -0.15) is 0 Å². The van der Waals surface area contributed by atoms with Crippen LogP contribution >= 0.6 is 0 Å². The van der Waals surface area contributed by atoms with Gasteiger partial charge < -0.3 is 24.2 Å². The number of amides is 1. The Hall–Kier alpha value is -4.26. The lowest BCUT2D eigenvalue weighted by Gasteiger charge is -2.26. The summed E-state index contributed by atoms with van der Waals surface area (Å²) in [5.41, 5.74) is 2.99. The molecule has 5 rings (SSSR count). The van der Waals surface area contributed by atoms with Gasteiger partial charge in [0.05, 0.1) is 25.3 Å². The highest BCUT2D eigenvalue weighted by Gasteiger charge is 2.46. The first kappa shape index (κ1) is 27.3. The lowest BCUT2D eigenvalue weighted by molar-refractivity contribution is -0.140. The van der Waals surface area contributed by atoms with Crippen molar-refractivity contribution in [3.8, 4) is 17.2 Å². The molecule has 208 valence electrons. The van der Waals surface area contributed by atoms with Crippen LogP contribution in [-0.4, -0.2) is 41.5 Å². The SMILES string of the molecule is COc1cc([C@@H]2/C(=C(\O)c3ccc4c(c3)C[C@@H](C)O4)C(=O)C(=O)N2Cc2ccccc2)ccc1OCCC(C)C. The monoisotopic (exact) mass is 541 g/mol. The molecule has 2 atom stereocenters. The lowest BCUT2D eigenvalue weighted by atomic mass is 9.94. The fourth-order valence-electron chi connectivity index (χ4n) is 5.27. The summed E-state index contributed by atoms with van der Waals surface area (Å²) in [6, 6.07) is 19.4. The maximum Gasteiger partial charge on any atom is 0.295 e. The zero-order chi connectivity index (χ0) is 28.4. The van der Waals surface area contributed by atoms with E-state index in [9.17, 15) is 14.7 Å². The maximum atomic E-state index is 13.5. The van der Waals surface area contributed by atoms with Crippen LogP contribution in [0.2, 0.25) is 0 Å². The average Bonchev–Trinajstić information content (AvgIpc) is 3.44. The number of ketones is 1. The number of carbonyl (C=O) groups is 2. The number of Topliss-reactive ketones (excluding diaryl/α,β-unsaturated/α-hetero) is 1. The molecule has 0 bridgehead atoms. The fraction of sp³-hybridized carbons (Fsp3) is 0.333. The molecule has 2 aliphatic rings. The first-order valence-corrected chi connectivity index (χ1v) is 13.7. The topological polar surface area (TPSA) is 85.3 Å². The second-order valence-corrected chi connectivity index (χ2v) is 10.8. The molecule has 7 nitrogen and oxygen atoms in total. The summed E-state index contributed by atoms with van der Waals surface area (Å²) in [4.78, 5) is 28.5. The van der Waals surface area contributed by atoms with Crippen LogP contribution in [0, 0.1) is 5.92 Å². The molecular weight excluding hydrogens is 506 g/mol. The quantitative estimate of drug-likeness (QED) is 0.201. The first-order valence-electron chi connectivity index (χ1n) is 13.7. The minimum atomic E-state index is -0.817. The van der Waals surface area contributed by atoms with Gasteiger partial charge in [0.2, 0.25) is 0 Å². The number of aliphatic hydroxyl groups excluding tert-OH is 1. The number of methoxy groups -OCH3 is 1. The van der Waals surface area contributed by atoms with Crippen molar-refractivity contribution < 1.29 is 28.9 Å². The molecule has 2 aliphatic heterocycles. The Morgan fingerprint density at radius 1 is 1.05 bits per heavy atom. The molecule has 0 spiro atoms. The van der Waals surface area contributed by atoms with E-state index in [2.05, 4.69) is 13.8 Å². The third-order valence-electron chi connectivity index (χ3n) is 7.36. The molecule has 7 heteroatoms. The van der Waals surface area contributed by atoms with Crippen LogP contribution in [0.5, 0.6) is 17.2 Å². The zero-order valence-corrected chi connectivity index (χ0v) is 23.3. The normalized spacial score (nSPS) is 19.6. The van der Waals surface area contributed by atoms with Crippen LogP contribution in [0.25, 0.3) is 5.76 Å². The molecule has 40 heavy (non-hydrogen) atoms. The Kier molecular flexibility index (Phi) is 7.83. The molecule has 1 N–H and O–H groups in total. The molecule has 1 saturated heterocycles. The number of benzene rings is 3. The number of hydrogen-bond donors (Lipinski definition) is 1. The molecule has 3 aromatic carbocycles. The first-order chi connectivity index (χ1) is 19.3. The summed E-state index contributed by atoms with van der Waals surface area (Å²) in [6.45, 7) is 7.00. The molecule has 0 aromatic heterocycles. The van der Waals surface area contributed by atoms with Crippen molar-refractivity contribution in [3.05, 3.63) is 94.6 Å². The summed E-state index contributed by atoms with van der Waals surface area (Å²) < 4.78 is 17.4. The highest BCUT2D eigenvalue weighted by Crippen LogP contribution is 2.43. The summed E-state index contributed by atoms with van der Waals surface area (Å²) in [6.07, 6.45) is 1.64. The number of likely N-dealkylation sites (tertiary alicyclic amines) is 1. The summed E-state index contributed by atoms with van der Waals surface area (Å²) in [7, 11) is 1.56. The van der Waals surface area contributed by atoms with Gasteiger partial charge in [-0.05, 0) is 66.3 Å². The Morgan fingerprint density at radius 3 is 2.55 bits per heavy atom. The molecule has 1 fully saturated rings. The average molecular weight is 542 g/mol. The van der Waals surface area contributed by atoms with Crippen molar-refractivity contribution in [1.29, 1.82) is 0 Å². The van der Waals surface area contributed by atoms with E-state index >= 15 is 0 Å². The lowest BCUT2D eigenvalue weighted by Crippen LogP contribution is -2.29. The number of hydrogen-bond acceptors (Lipinski definition) is 6. The van der Waals surface area contributed by atoms with E-state index in [1.54, 1.807) is 31.4 Å². The largest absolute Gasteiger partial charge is 0.507 e. The smallest absolute Gasteiger partial charge is 0.295 e. The number of nitrogens with zero attached hydrogens (tertiary/aromatic N) is 1. The molecule has 0 aliphatic carbocycles. The Bertz CT molecular complexity index is 1440. The van der Waals surface area contributed by atoms with Gasteiger partial charge in [-0.25, -0.2) is 0 Å². The van der Waals surface area contributed by atoms with Gasteiger partial charge in [-0.1, -0.05) is 50.2 Å². The van der Waals surface area contributed by atoms with Gasteiger partial charge in [0.1, 0.15) is 17.6 Å². The van der Waals surface area contributed by atoms with E-state index < -0.39 is 17.7 Å². The maximum absolute atomic E-state index is 13.5. The highest BCUT2D eigenvalue weighted by molar-refractivity contribution is 6.46. The van der Waals surface area contributed by atoms with Crippen LogP contribution in [0.4, 0.5) is 0 Å². The second-order valence-electron chi connectivity index (χ2n) is 10.8. The van der Waals surface area contributed by atoms with Gasteiger partial charge in [-0.3, -0.25) is 9.59 Å². The molecule has 0 radical (unpaired) electrons. The van der Waals surface area contributed by atoms with E-state index in [1.165, 1.54) is 4.90 Å². The summed E-state index contributed by atoms with van der Waals surface area (Å²) in [5.74, 6) is 0.747. The number of ether oxygens (including phenoxy) is 3. The Labute approximate surface area is 235 Å². The van der Waals surface area contributed by atoms with Crippen LogP contribution in [0.1, 0.15) is 55.5 Å². The number of fused-ring (bicyclic) bond motifs is 1. The van der Waals surface area contributed by atoms with Crippen LogP contribution < -0.4 is 14.2 Å². The van der Waals surface area contributed by atoms with Gasteiger partial charge in [0, 0.05) is 18.5 Å². The Balaban J connectivity index is 1.59. The van der Waals surface area contributed by atoms with Gasteiger partial charge >= 0.3 is 0 Å². The molecule has 3 aromatic rings.